The molecule has 1 saturated carbocycles. The monoisotopic (exact) mass is 425 g/mol. The second-order valence-corrected chi connectivity index (χ2v) is 9.40. The quantitative estimate of drug-likeness (QED) is 0.771. The molecule has 0 bridgehead atoms. The van der Waals surface area contributed by atoms with Crippen LogP contribution in [0.15, 0.2) is 18.2 Å². The lowest BCUT2D eigenvalue weighted by molar-refractivity contribution is -0.149. The second-order valence-electron chi connectivity index (χ2n) is 9.40. The third-order valence-electron chi connectivity index (χ3n) is 7.46. The molecule has 2 N–H and O–H groups in total. The summed E-state index contributed by atoms with van der Waals surface area (Å²) in [5, 5.41) is 11.4. The SMILES string of the molecule is CCCC(=O)N1CC2(C1)CN(C(=O)C1CCC1)[C@@H](CO)c1[nH]c3cc(OC)ccc3c12. The fourth-order valence-electron chi connectivity index (χ4n) is 5.62. The van der Waals surface area contributed by atoms with Crippen LogP contribution in [0.4, 0.5) is 0 Å². The minimum absolute atomic E-state index is 0.0648. The normalized spacial score (nSPS) is 22.2. The number of carbonyl (C=O) groups excluding carboxylic acids is 2. The number of nitrogens with zero attached hydrogens (tertiary/aromatic N) is 2. The highest BCUT2D eigenvalue weighted by atomic mass is 16.5. The van der Waals surface area contributed by atoms with Crippen LogP contribution in [0, 0.1) is 5.92 Å². The highest BCUT2D eigenvalue weighted by Crippen LogP contribution is 2.49. The summed E-state index contributed by atoms with van der Waals surface area (Å²) >= 11 is 0. The molecule has 3 aliphatic rings. The third-order valence-corrected chi connectivity index (χ3v) is 7.46. The molecule has 5 rings (SSSR count). The van der Waals surface area contributed by atoms with Gasteiger partial charge < -0.3 is 24.6 Å². The molecule has 1 aliphatic carbocycles. The van der Waals surface area contributed by atoms with E-state index in [9.17, 15) is 14.7 Å². The second kappa shape index (κ2) is 7.55. The van der Waals surface area contributed by atoms with E-state index in [0.717, 1.165) is 53.6 Å². The van der Waals surface area contributed by atoms with E-state index in [4.69, 9.17) is 4.74 Å². The smallest absolute Gasteiger partial charge is 0.226 e. The Labute approximate surface area is 182 Å². The molecule has 0 unspecified atom stereocenters. The summed E-state index contributed by atoms with van der Waals surface area (Å²) in [4.78, 5) is 33.2. The van der Waals surface area contributed by atoms with Crippen molar-refractivity contribution in [2.75, 3.05) is 33.4 Å². The number of H-pyrrole nitrogens is 1. The molecule has 2 aromatic rings. The lowest BCUT2D eigenvalue weighted by atomic mass is 9.68. The first-order valence-corrected chi connectivity index (χ1v) is 11.4. The zero-order valence-electron chi connectivity index (χ0n) is 18.3. The number of benzene rings is 1. The fraction of sp³-hybridized carbons (Fsp3) is 0.583. The summed E-state index contributed by atoms with van der Waals surface area (Å²) in [6.07, 6.45) is 4.34. The zero-order valence-corrected chi connectivity index (χ0v) is 18.3. The largest absolute Gasteiger partial charge is 0.497 e. The predicted octanol–water partition coefficient (Wildman–Crippen LogP) is 2.73. The lowest BCUT2D eigenvalue weighted by Crippen LogP contribution is -2.68. The molecule has 1 aromatic carbocycles. The summed E-state index contributed by atoms with van der Waals surface area (Å²) in [6.45, 7) is 3.68. The third kappa shape index (κ3) is 3.04. The van der Waals surface area contributed by atoms with Gasteiger partial charge in [-0.05, 0) is 37.0 Å². The van der Waals surface area contributed by atoms with Gasteiger partial charge in [0.2, 0.25) is 11.8 Å². The fourth-order valence-corrected chi connectivity index (χ4v) is 5.62. The maximum Gasteiger partial charge on any atom is 0.226 e. The molecule has 1 atom stereocenters. The van der Waals surface area contributed by atoms with Crippen molar-refractivity contribution < 1.29 is 19.4 Å². The summed E-state index contributed by atoms with van der Waals surface area (Å²) in [5.74, 6) is 1.15. The van der Waals surface area contributed by atoms with Gasteiger partial charge in [-0.15, -0.1) is 0 Å². The van der Waals surface area contributed by atoms with Gasteiger partial charge in [0.05, 0.1) is 25.2 Å². The van der Waals surface area contributed by atoms with Crippen LogP contribution >= 0.6 is 0 Å². The molecule has 1 saturated heterocycles. The average Bonchev–Trinajstić information content (AvgIpc) is 3.08. The van der Waals surface area contributed by atoms with Gasteiger partial charge in [0.25, 0.3) is 0 Å². The molecule has 3 heterocycles. The van der Waals surface area contributed by atoms with Crippen molar-refractivity contribution in [2.24, 2.45) is 5.92 Å². The number of ether oxygens (including phenoxy) is 1. The van der Waals surface area contributed by atoms with Crippen LogP contribution < -0.4 is 4.74 Å². The molecule has 31 heavy (non-hydrogen) atoms. The average molecular weight is 426 g/mol. The van der Waals surface area contributed by atoms with E-state index >= 15 is 0 Å². The highest BCUT2D eigenvalue weighted by molar-refractivity contribution is 5.90. The van der Waals surface area contributed by atoms with E-state index in [2.05, 4.69) is 11.1 Å². The number of methoxy groups -OCH3 is 1. The number of nitrogens with one attached hydrogen (secondary N) is 1. The first-order valence-electron chi connectivity index (χ1n) is 11.4. The Morgan fingerprint density at radius 2 is 2.03 bits per heavy atom. The molecule has 2 aliphatic heterocycles. The van der Waals surface area contributed by atoms with Gasteiger partial charge in [0.1, 0.15) is 5.75 Å². The van der Waals surface area contributed by atoms with Gasteiger partial charge in [0, 0.05) is 54.6 Å². The Balaban J connectivity index is 1.59. The Kier molecular flexibility index (Phi) is 4.96. The van der Waals surface area contributed by atoms with Crippen molar-refractivity contribution in [1.82, 2.24) is 14.8 Å². The Morgan fingerprint density at radius 3 is 2.65 bits per heavy atom. The minimum atomic E-state index is -0.382. The van der Waals surface area contributed by atoms with Crippen LogP contribution in [-0.2, 0) is 15.0 Å². The van der Waals surface area contributed by atoms with Crippen LogP contribution in [0.1, 0.15) is 56.3 Å². The number of aromatic amines is 1. The Morgan fingerprint density at radius 1 is 1.26 bits per heavy atom. The number of amides is 2. The standard InChI is InChI=1S/C24H31N3O4/c1-3-5-20(29)26-12-24(13-26)14-27(23(30)15-6-4-7-15)19(11-28)22-21(24)17-9-8-16(31-2)10-18(17)25-22/h8-10,15,19,25,28H,3-7,11-14H2,1-2H3/t19-/m0/s1. The molecule has 7 nitrogen and oxygen atoms in total. The topological polar surface area (TPSA) is 85.9 Å². The molecule has 166 valence electrons. The molecule has 1 spiro atoms. The van der Waals surface area contributed by atoms with Crippen LogP contribution in [0.3, 0.4) is 0 Å². The Bertz CT molecular complexity index is 1020. The van der Waals surface area contributed by atoms with Crippen molar-refractivity contribution in [3.05, 3.63) is 29.5 Å². The first-order chi connectivity index (χ1) is 15.0. The number of hydrogen-bond acceptors (Lipinski definition) is 4. The van der Waals surface area contributed by atoms with Crippen molar-refractivity contribution >= 4 is 22.7 Å². The summed E-state index contributed by atoms with van der Waals surface area (Å²) in [6, 6.07) is 5.59. The van der Waals surface area contributed by atoms with Gasteiger partial charge in [-0.25, -0.2) is 0 Å². The van der Waals surface area contributed by atoms with Crippen LogP contribution in [0.5, 0.6) is 5.75 Å². The van der Waals surface area contributed by atoms with Crippen molar-refractivity contribution in [3.8, 4) is 5.75 Å². The van der Waals surface area contributed by atoms with Crippen molar-refractivity contribution in [3.63, 3.8) is 0 Å². The first kappa shape index (κ1) is 20.4. The molecule has 2 amide bonds. The van der Waals surface area contributed by atoms with E-state index in [1.54, 1.807) is 7.11 Å². The maximum atomic E-state index is 13.3. The van der Waals surface area contributed by atoms with Crippen LogP contribution in [0.25, 0.3) is 10.9 Å². The number of aliphatic hydroxyl groups is 1. The number of carbonyl (C=O) groups is 2. The molecule has 7 heteroatoms. The van der Waals surface area contributed by atoms with E-state index in [1.807, 2.05) is 28.9 Å². The van der Waals surface area contributed by atoms with Crippen LogP contribution in [-0.4, -0.2) is 65.1 Å². The number of aromatic nitrogens is 1. The summed E-state index contributed by atoms with van der Waals surface area (Å²) < 4.78 is 5.40. The predicted molar refractivity (Wildman–Crippen MR) is 117 cm³/mol. The van der Waals surface area contributed by atoms with Crippen LogP contribution in [0.2, 0.25) is 0 Å². The zero-order chi connectivity index (χ0) is 21.8. The van der Waals surface area contributed by atoms with Gasteiger partial charge in [-0.3, -0.25) is 9.59 Å². The van der Waals surface area contributed by atoms with E-state index in [-0.39, 0.29) is 35.8 Å². The van der Waals surface area contributed by atoms with Gasteiger partial charge in [-0.1, -0.05) is 13.3 Å². The molecule has 2 fully saturated rings. The lowest BCUT2D eigenvalue weighted by Gasteiger charge is -2.56. The van der Waals surface area contributed by atoms with E-state index in [1.165, 1.54) is 0 Å². The summed E-state index contributed by atoms with van der Waals surface area (Å²) in [5.41, 5.74) is 2.71. The number of rotatable bonds is 5. The minimum Gasteiger partial charge on any atom is -0.497 e. The number of likely N-dealkylation sites (tertiary alicyclic amines) is 1. The summed E-state index contributed by atoms with van der Waals surface area (Å²) in [7, 11) is 1.64. The number of hydrogen-bond donors (Lipinski definition) is 2. The van der Waals surface area contributed by atoms with E-state index < -0.39 is 0 Å². The van der Waals surface area contributed by atoms with Crippen molar-refractivity contribution in [1.29, 1.82) is 0 Å². The van der Waals surface area contributed by atoms with E-state index in [0.29, 0.717) is 26.1 Å². The molecule has 0 radical (unpaired) electrons. The van der Waals surface area contributed by atoms with Crippen molar-refractivity contribution in [2.45, 2.75) is 50.5 Å². The van der Waals surface area contributed by atoms with Gasteiger partial charge in [-0.2, -0.15) is 0 Å². The number of fused-ring (bicyclic) bond motifs is 4. The van der Waals surface area contributed by atoms with Gasteiger partial charge in [0.15, 0.2) is 0 Å². The maximum absolute atomic E-state index is 13.3. The molecular weight excluding hydrogens is 394 g/mol. The highest BCUT2D eigenvalue weighted by Gasteiger charge is 2.55. The number of aliphatic hydroxyl groups excluding tert-OH is 1. The molecule has 1 aromatic heterocycles. The van der Waals surface area contributed by atoms with Gasteiger partial charge >= 0.3 is 0 Å². The Hall–Kier alpha value is -2.54. The molecular formula is C24H31N3O4.